The van der Waals surface area contributed by atoms with Crippen molar-refractivity contribution in [3.63, 3.8) is 0 Å². The van der Waals surface area contributed by atoms with E-state index in [4.69, 9.17) is 9.47 Å². The lowest BCUT2D eigenvalue weighted by atomic mass is 10.2. The predicted octanol–water partition coefficient (Wildman–Crippen LogP) is 0.757. The van der Waals surface area contributed by atoms with Gasteiger partial charge in [-0.3, -0.25) is 4.90 Å². The Hall–Kier alpha value is -1.30. The lowest BCUT2D eigenvalue weighted by molar-refractivity contribution is -0.145. The molecule has 2 atom stereocenters. The third-order valence-electron chi connectivity index (χ3n) is 2.81. The number of methoxy groups -OCH3 is 1. The predicted molar refractivity (Wildman–Crippen MR) is 66.2 cm³/mol. The molecule has 104 valence electrons. The average molecular weight is 258 g/mol. The third-order valence-corrected chi connectivity index (χ3v) is 2.81. The Bertz CT molecular complexity index is 325. The van der Waals surface area contributed by atoms with Crippen molar-refractivity contribution in [2.24, 2.45) is 0 Å². The number of likely N-dealkylation sites (N-methyl/N-ethyl adjacent to an activating group) is 1. The van der Waals surface area contributed by atoms with Crippen molar-refractivity contribution < 1.29 is 19.1 Å². The molecule has 0 aromatic rings. The van der Waals surface area contributed by atoms with Gasteiger partial charge in [-0.2, -0.15) is 0 Å². The summed E-state index contributed by atoms with van der Waals surface area (Å²) in [7, 11) is 3.12. The van der Waals surface area contributed by atoms with Crippen LogP contribution in [0.4, 0.5) is 4.79 Å². The molecular formula is C12H22N2O4. The van der Waals surface area contributed by atoms with Gasteiger partial charge in [0.15, 0.2) is 0 Å². The summed E-state index contributed by atoms with van der Waals surface area (Å²) in [5, 5.41) is 3.06. The molecule has 1 amide bonds. The molecule has 0 aliphatic carbocycles. The topological polar surface area (TPSA) is 67.9 Å². The van der Waals surface area contributed by atoms with Gasteiger partial charge < -0.3 is 14.8 Å². The molecule has 1 N–H and O–H groups in total. The molecule has 0 aromatic heterocycles. The first-order valence-electron chi connectivity index (χ1n) is 6.03. The molecule has 1 heterocycles. The third kappa shape index (κ3) is 3.60. The highest BCUT2D eigenvalue weighted by atomic mass is 16.6. The van der Waals surface area contributed by atoms with Crippen LogP contribution < -0.4 is 5.32 Å². The van der Waals surface area contributed by atoms with E-state index in [2.05, 4.69) is 5.32 Å². The van der Waals surface area contributed by atoms with Gasteiger partial charge in [-0.05, 0) is 34.2 Å². The molecule has 1 aliphatic heterocycles. The standard InChI is InChI=1S/C12H22N2O4/c1-12(2,3)18-11(16)14-7-8(13-4)6-9(14)10(15)17-5/h8-9,13H,6-7H2,1-5H3/t8-,9+/m1/s1. The van der Waals surface area contributed by atoms with Gasteiger partial charge in [0, 0.05) is 12.6 Å². The summed E-state index contributed by atoms with van der Waals surface area (Å²) in [6, 6.07) is -0.482. The molecule has 1 fully saturated rings. The fourth-order valence-electron chi connectivity index (χ4n) is 1.93. The average Bonchev–Trinajstić information content (AvgIpc) is 2.69. The van der Waals surface area contributed by atoms with Crippen molar-refractivity contribution in [1.82, 2.24) is 10.2 Å². The van der Waals surface area contributed by atoms with Crippen LogP contribution in [-0.2, 0) is 14.3 Å². The van der Waals surface area contributed by atoms with Crippen molar-refractivity contribution in [3.8, 4) is 0 Å². The van der Waals surface area contributed by atoms with Gasteiger partial charge in [0.1, 0.15) is 11.6 Å². The number of carbonyl (C=O) groups excluding carboxylic acids is 2. The van der Waals surface area contributed by atoms with E-state index in [0.29, 0.717) is 13.0 Å². The summed E-state index contributed by atoms with van der Waals surface area (Å²) in [4.78, 5) is 25.1. The summed E-state index contributed by atoms with van der Waals surface area (Å²) in [5.41, 5.74) is -0.574. The van der Waals surface area contributed by atoms with Gasteiger partial charge in [-0.25, -0.2) is 9.59 Å². The highest BCUT2D eigenvalue weighted by molar-refractivity contribution is 5.82. The van der Waals surface area contributed by atoms with E-state index < -0.39 is 23.7 Å². The maximum atomic E-state index is 12.0. The van der Waals surface area contributed by atoms with Crippen LogP contribution in [0, 0.1) is 0 Å². The number of hydrogen-bond acceptors (Lipinski definition) is 5. The number of carbonyl (C=O) groups is 2. The van der Waals surface area contributed by atoms with Crippen molar-refractivity contribution in [2.75, 3.05) is 20.7 Å². The van der Waals surface area contributed by atoms with Crippen LogP contribution in [0.25, 0.3) is 0 Å². The minimum Gasteiger partial charge on any atom is -0.467 e. The summed E-state index contributed by atoms with van der Waals surface area (Å²) >= 11 is 0. The van der Waals surface area contributed by atoms with Crippen LogP contribution in [0.5, 0.6) is 0 Å². The minimum absolute atomic E-state index is 0.0848. The van der Waals surface area contributed by atoms with Crippen molar-refractivity contribution in [3.05, 3.63) is 0 Å². The molecule has 0 radical (unpaired) electrons. The Labute approximate surface area is 108 Å². The molecule has 1 saturated heterocycles. The molecule has 1 aliphatic rings. The molecule has 0 bridgehead atoms. The zero-order chi connectivity index (χ0) is 13.9. The van der Waals surface area contributed by atoms with E-state index in [1.807, 2.05) is 0 Å². The van der Waals surface area contributed by atoms with E-state index in [-0.39, 0.29) is 6.04 Å². The Balaban J connectivity index is 2.77. The van der Waals surface area contributed by atoms with Crippen LogP contribution in [-0.4, -0.2) is 55.3 Å². The summed E-state index contributed by atoms with van der Waals surface area (Å²) in [6.45, 7) is 5.84. The molecular weight excluding hydrogens is 236 g/mol. The molecule has 0 aromatic carbocycles. The molecule has 1 rings (SSSR count). The van der Waals surface area contributed by atoms with Gasteiger partial charge in [-0.15, -0.1) is 0 Å². The highest BCUT2D eigenvalue weighted by Gasteiger charge is 2.41. The van der Waals surface area contributed by atoms with Crippen molar-refractivity contribution in [1.29, 1.82) is 0 Å². The summed E-state index contributed by atoms with van der Waals surface area (Å²) < 4.78 is 10.0. The van der Waals surface area contributed by atoms with E-state index >= 15 is 0 Å². The minimum atomic E-state index is -0.574. The van der Waals surface area contributed by atoms with E-state index in [1.165, 1.54) is 12.0 Å². The van der Waals surface area contributed by atoms with Gasteiger partial charge in [0.25, 0.3) is 0 Å². The van der Waals surface area contributed by atoms with E-state index in [1.54, 1.807) is 27.8 Å². The summed E-state index contributed by atoms with van der Waals surface area (Å²) in [6.07, 6.45) is 0.0678. The van der Waals surface area contributed by atoms with Gasteiger partial charge in [-0.1, -0.05) is 0 Å². The normalized spacial score (nSPS) is 23.9. The Kier molecular flexibility index (Phi) is 4.56. The lowest BCUT2D eigenvalue weighted by Gasteiger charge is -2.27. The Morgan fingerprint density at radius 2 is 1.94 bits per heavy atom. The number of nitrogens with zero attached hydrogens (tertiary/aromatic N) is 1. The second-order valence-electron chi connectivity index (χ2n) is 5.39. The lowest BCUT2D eigenvalue weighted by Crippen LogP contribution is -2.44. The number of esters is 1. The van der Waals surface area contributed by atoms with Crippen LogP contribution >= 0.6 is 0 Å². The van der Waals surface area contributed by atoms with Crippen LogP contribution in [0.15, 0.2) is 0 Å². The number of amides is 1. The van der Waals surface area contributed by atoms with E-state index in [9.17, 15) is 9.59 Å². The number of rotatable bonds is 2. The first-order chi connectivity index (χ1) is 8.28. The fraction of sp³-hybridized carbons (Fsp3) is 0.833. The first-order valence-corrected chi connectivity index (χ1v) is 6.03. The van der Waals surface area contributed by atoms with Gasteiger partial charge in [0.05, 0.1) is 7.11 Å². The van der Waals surface area contributed by atoms with Crippen LogP contribution in [0.1, 0.15) is 27.2 Å². The smallest absolute Gasteiger partial charge is 0.411 e. The maximum Gasteiger partial charge on any atom is 0.411 e. The molecule has 6 heteroatoms. The summed E-state index contributed by atoms with van der Waals surface area (Å²) in [5.74, 6) is -0.404. The zero-order valence-electron chi connectivity index (χ0n) is 11.6. The molecule has 0 spiro atoms. The van der Waals surface area contributed by atoms with Crippen molar-refractivity contribution >= 4 is 12.1 Å². The van der Waals surface area contributed by atoms with Crippen LogP contribution in [0.3, 0.4) is 0 Å². The fourth-order valence-corrected chi connectivity index (χ4v) is 1.93. The monoisotopic (exact) mass is 258 g/mol. The van der Waals surface area contributed by atoms with Crippen LogP contribution in [0.2, 0.25) is 0 Å². The highest BCUT2D eigenvalue weighted by Crippen LogP contribution is 2.22. The molecule has 0 saturated carbocycles. The second-order valence-corrected chi connectivity index (χ2v) is 5.39. The molecule has 18 heavy (non-hydrogen) atoms. The van der Waals surface area contributed by atoms with Crippen molar-refractivity contribution in [2.45, 2.75) is 44.9 Å². The number of likely N-dealkylation sites (tertiary alicyclic amines) is 1. The maximum absolute atomic E-state index is 12.0. The zero-order valence-corrected chi connectivity index (χ0v) is 11.6. The molecule has 0 unspecified atom stereocenters. The Morgan fingerprint density at radius 3 is 2.39 bits per heavy atom. The first kappa shape index (κ1) is 14.8. The number of ether oxygens (including phenoxy) is 2. The number of hydrogen-bond donors (Lipinski definition) is 1. The van der Waals surface area contributed by atoms with Gasteiger partial charge >= 0.3 is 12.1 Å². The quantitative estimate of drug-likeness (QED) is 0.740. The largest absolute Gasteiger partial charge is 0.467 e. The van der Waals surface area contributed by atoms with Gasteiger partial charge in [0.2, 0.25) is 0 Å². The number of nitrogens with one attached hydrogen (secondary N) is 1. The molecule has 6 nitrogen and oxygen atoms in total. The Morgan fingerprint density at radius 1 is 1.33 bits per heavy atom. The van der Waals surface area contributed by atoms with E-state index in [0.717, 1.165) is 0 Å². The SMILES string of the molecule is CN[C@@H]1C[C@@H](C(=O)OC)N(C(=O)OC(C)(C)C)C1. The second kappa shape index (κ2) is 5.56.